The maximum atomic E-state index is 12.7. The Morgan fingerprint density at radius 2 is 2.17 bits per heavy atom. The third-order valence-electron chi connectivity index (χ3n) is 5.32. The van der Waals surface area contributed by atoms with Crippen LogP contribution in [0.3, 0.4) is 0 Å². The molecule has 4 rings (SSSR count). The molecule has 0 spiro atoms. The smallest absolute Gasteiger partial charge is 0.224 e. The zero-order valence-electron chi connectivity index (χ0n) is 13.7. The topological polar surface area (TPSA) is 63.1 Å². The van der Waals surface area contributed by atoms with Crippen molar-refractivity contribution in [2.24, 2.45) is 5.92 Å². The zero-order chi connectivity index (χ0) is 16.4. The summed E-state index contributed by atoms with van der Waals surface area (Å²) in [4.78, 5) is 15.2. The second-order valence-corrected chi connectivity index (χ2v) is 6.67. The van der Waals surface area contributed by atoms with Crippen LogP contribution in [0.5, 0.6) is 0 Å². The lowest BCUT2D eigenvalue weighted by molar-refractivity contribution is -0.125. The molecule has 0 radical (unpaired) electrons. The van der Waals surface area contributed by atoms with Crippen molar-refractivity contribution in [1.82, 2.24) is 25.2 Å². The number of carbonyl (C=O) groups excluding carboxylic acids is 1. The molecule has 6 nitrogen and oxygen atoms in total. The van der Waals surface area contributed by atoms with E-state index in [0.717, 1.165) is 19.4 Å². The minimum Gasteiger partial charge on any atom is -0.354 e. The van der Waals surface area contributed by atoms with E-state index in [-0.39, 0.29) is 11.8 Å². The van der Waals surface area contributed by atoms with E-state index in [4.69, 9.17) is 0 Å². The van der Waals surface area contributed by atoms with Crippen LogP contribution >= 0.6 is 0 Å². The summed E-state index contributed by atoms with van der Waals surface area (Å²) < 4.78 is 1.74. The van der Waals surface area contributed by atoms with Gasteiger partial charge in [0.1, 0.15) is 0 Å². The van der Waals surface area contributed by atoms with Gasteiger partial charge in [-0.15, -0.1) is 5.10 Å². The van der Waals surface area contributed by atoms with Crippen LogP contribution < -0.4 is 5.32 Å². The summed E-state index contributed by atoms with van der Waals surface area (Å²) in [6.07, 6.45) is 6.70. The lowest BCUT2D eigenvalue weighted by atomic mass is 9.93. The monoisotopic (exact) mass is 325 g/mol. The Labute approximate surface area is 141 Å². The molecule has 1 N–H and O–H groups in total. The average molecular weight is 325 g/mol. The van der Waals surface area contributed by atoms with Crippen LogP contribution in [-0.4, -0.2) is 44.9 Å². The number of nitrogens with zero attached hydrogens (tertiary/aromatic N) is 4. The number of hydrogen-bond acceptors (Lipinski definition) is 4. The first kappa shape index (κ1) is 15.3. The quantitative estimate of drug-likeness (QED) is 0.907. The maximum Gasteiger partial charge on any atom is 0.224 e. The van der Waals surface area contributed by atoms with Crippen molar-refractivity contribution in [3.8, 4) is 0 Å². The largest absolute Gasteiger partial charge is 0.354 e. The van der Waals surface area contributed by atoms with Crippen molar-refractivity contribution in [3.05, 3.63) is 48.3 Å². The van der Waals surface area contributed by atoms with Gasteiger partial charge >= 0.3 is 0 Å². The highest BCUT2D eigenvalue weighted by Crippen LogP contribution is 2.44. The molecule has 3 heterocycles. The van der Waals surface area contributed by atoms with Crippen molar-refractivity contribution in [2.45, 2.75) is 37.9 Å². The van der Waals surface area contributed by atoms with E-state index in [0.29, 0.717) is 25.2 Å². The van der Waals surface area contributed by atoms with E-state index in [1.807, 2.05) is 12.3 Å². The SMILES string of the molecule is O=C(NCCn1ccnn1)[C@@H]1C[C@H](c2ccccc2)N2CCC[C@@H]12. The zero-order valence-corrected chi connectivity index (χ0v) is 13.7. The van der Waals surface area contributed by atoms with Gasteiger partial charge in [0.15, 0.2) is 0 Å². The second-order valence-electron chi connectivity index (χ2n) is 6.67. The van der Waals surface area contributed by atoms with E-state index in [2.05, 4.69) is 44.8 Å². The Bertz CT molecular complexity index is 672. The fourth-order valence-electron chi connectivity index (χ4n) is 4.23. The second kappa shape index (κ2) is 6.73. The summed E-state index contributed by atoms with van der Waals surface area (Å²) in [6, 6.07) is 11.4. The van der Waals surface area contributed by atoms with Gasteiger partial charge in [-0.2, -0.15) is 0 Å². The molecule has 0 saturated carbocycles. The number of aromatic nitrogens is 3. The first-order chi connectivity index (χ1) is 11.8. The molecule has 2 saturated heterocycles. The predicted molar refractivity (Wildman–Crippen MR) is 90.0 cm³/mol. The van der Waals surface area contributed by atoms with Gasteiger partial charge in [-0.05, 0) is 31.4 Å². The molecule has 3 atom stereocenters. The molecule has 1 amide bonds. The lowest BCUT2D eigenvalue weighted by Crippen LogP contribution is -2.38. The van der Waals surface area contributed by atoms with Crippen molar-refractivity contribution in [2.75, 3.05) is 13.1 Å². The molecule has 2 fully saturated rings. The fraction of sp³-hybridized carbons (Fsp3) is 0.500. The summed E-state index contributed by atoms with van der Waals surface area (Å²) in [5, 5.41) is 10.8. The van der Waals surface area contributed by atoms with Gasteiger partial charge in [0.2, 0.25) is 5.91 Å². The maximum absolute atomic E-state index is 12.7. The third-order valence-corrected chi connectivity index (χ3v) is 5.32. The third kappa shape index (κ3) is 2.94. The molecule has 6 heteroatoms. The summed E-state index contributed by atoms with van der Waals surface area (Å²) in [5.74, 6) is 0.277. The number of fused-ring (bicyclic) bond motifs is 1. The van der Waals surface area contributed by atoms with Gasteiger partial charge in [-0.3, -0.25) is 14.4 Å². The molecular formula is C18H23N5O. The fourth-order valence-corrected chi connectivity index (χ4v) is 4.23. The summed E-state index contributed by atoms with van der Waals surface area (Å²) in [5.41, 5.74) is 1.34. The van der Waals surface area contributed by atoms with Crippen molar-refractivity contribution in [3.63, 3.8) is 0 Å². The number of nitrogens with one attached hydrogen (secondary N) is 1. The highest BCUT2D eigenvalue weighted by molar-refractivity contribution is 5.80. The molecule has 0 unspecified atom stereocenters. The first-order valence-electron chi connectivity index (χ1n) is 8.75. The van der Waals surface area contributed by atoms with E-state index in [1.54, 1.807) is 10.9 Å². The van der Waals surface area contributed by atoms with E-state index >= 15 is 0 Å². The number of carbonyl (C=O) groups is 1. The van der Waals surface area contributed by atoms with Crippen LogP contribution in [0.1, 0.15) is 30.9 Å². The Morgan fingerprint density at radius 1 is 1.29 bits per heavy atom. The van der Waals surface area contributed by atoms with Gasteiger partial charge in [0.25, 0.3) is 0 Å². The summed E-state index contributed by atoms with van der Waals surface area (Å²) in [7, 11) is 0. The van der Waals surface area contributed by atoms with Crippen LogP contribution in [0.15, 0.2) is 42.7 Å². The molecule has 0 bridgehead atoms. The molecule has 1 aromatic carbocycles. The van der Waals surface area contributed by atoms with Gasteiger partial charge in [0.05, 0.1) is 18.7 Å². The van der Waals surface area contributed by atoms with Gasteiger partial charge in [-0.25, -0.2) is 0 Å². The summed E-state index contributed by atoms with van der Waals surface area (Å²) >= 11 is 0. The predicted octanol–water partition coefficient (Wildman–Crippen LogP) is 1.62. The molecule has 1 aromatic heterocycles. The van der Waals surface area contributed by atoms with Crippen molar-refractivity contribution < 1.29 is 4.79 Å². The normalized spacial score (nSPS) is 26.4. The standard InChI is InChI=1S/C18H23N5O/c24-18(19-8-11-22-12-9-20-21-22)15-13-17(14-5-2-1-3-6-14)23-10-4-7-16(15)23/h1-3,5-6,9,12,15-17H,4,7-8,10-11,13H2,(H,19,24)/t15-,16+,17-/m1/s1. The van der Waals surface area contributed by atoms with Gasteiger partial charge < -0.3 is 5.32 Å². The number of hydrogen-bond donors (Lipinski definition) is 1. The van der Waals surface area contributed by atoms with Crippen LogP contribution in [0, 0.1) is 5.92 Å². The number of benzene rings is 1. The van der Waals surface area contributed by atoms with Crippen LogP contribution in [0.25, 0.3) is 0 Å². The Hall–Kier alpha value is -2.21. The molecule has 2 aliphatic rings. The van der Waals surface area contributed by atoms with Gasteiger partial charge in [0, 0.05) is 24.8 Å². The van der Waals surface area contributed by atoms with Crippen molar-refractivity contribution >= 4 is 5.91 Å². The Kier molecular flexibility index (Phi) is 4.30. The lowest BCUT2D eigenvalue weighted by Gasteiger charge is -2.24. The number of rotatable bonds is 5. The molecule has 2 aliphatic heterocycles. The van der Waals surface area contributed by atoms with Crippen LogP contribution in [-0.2, 0) is 11.3 Å². The van der Waals surface area contributed by atoms with Crippen LogP contribution in [0.2, 0.25) is 0 Å². The highest BCUT2D eigenvalue weighted by atomic mass is 16.2. The van der Waals surface area contributed by atoms with E-state index in [1.165, 1.54) is 12.0 Å². The van der Waals surface area contributed by atoms with E-state index < -0.39 is 0 Å². The number of amides is 1. The molecular weight excluding hydrogens is 302 g/mol. The Balaban J connectivity index is 1.40. The van der Waals surface area contributed by atoms with Crippen LogP contribution in [0.4, 0.5) is 0 Å². The van der Waals surface area contributed by atoms with Gasteiger partial charge in [-0.1, -0.05) is 35.5 Å². The molecule has 0 aliphatic carbocycles. The molecule has 126 valence electrons. The first-order valence-corrected chi connectivity index (χ1v) is 8.75. The molecule has 2 aromatic rings. The highest BCUT2D eigenvalue weighted by Gasteiger charge is 2.46. The molecule has 24 heavy (non-hydrogen) atoms. The average Bonchev–Trinajstić information content (AvgIpc) is 3.33. The summed E-state index contributed by atoms with van der Waals surface area (Å²) in [6.45, 7) is 2.36. The van der Waals surface area contributed by atoms with Crippen molar-refractivity contribution in [1.29, 1.82) is 0 Å². The minimum atomic E-state index is 0.0912. The Morgan fingerprint density at radius 3 is 2.96 bits per heavy atom. The van der Waals surface area contributed by atoms with E-state index in [9.17, 15) is 4.79 Å². The minimum absolute atomic E-state index is 0.0912.